The Morgan fingerprint density at radius 3 is 1.50 bits per heavy atom. The fourth-order valence-electron chi connectivity index (χ4n) is 4.07. The van der Waals surface area contributed by atoms with E-state index in [1.165, 1.54) is 25.7 Å². The van der Waals surface area contributed by atoms with Crippen LogP contribution in [0, 0.1) is 34.5 Å². The van der Waals surface area contributed by atoms with Crippen molar-refractivity contribution >= 4 is 38.1 Å². The van der Waals surface area contributed by atoms with Crippen molar-refractivity contribution in [3.63, 3.8) is 0 Å². The van der Waals surface area contributed by atoms with Gasteiger partial charge in [0.1, 0.15) is 6.29 Å². The first-order valence-corrected chi connectivity index (χ1v) is 10.9. The van der Waals surface area contributed by atoms with Gasteiger partial charge in [0.2, 0.25) is 0 Å². The van der Waals surface area contributed by atoms with Gasteiger partial charge in [0.05, 0.1) is 3.39 Å². The molecule has 0 heterocycles. The number of carbonyl (C=O) groups is 1. The zero-order valence-electron chi connectivity index (χ0n) is 16.4. The van der Waals surface area contributed by atoms with Crippen molar-refractivity contribution in [3.8, 4) is 0 Å². The minimum atomic E-state index is 0.391. The van der Waals surface area contributed by atoms with E-state index in [0.717, 1.165) is 40.3 Å². The number of rotatable bonds is 4. The highest BCUT2D eigenvalue weighted by Gasteiger charge is 2.31. The summed E-state index contributed by atoms with van der Waals surface area (Å²) < 4.78 is 1.11. The lowest BCUT2D eigenvalue weighted by molar-refractivity contribution is -0.115. The first-order valence-electron chi connectivity index (χ1n) is 9.36. The van der Waals surface area contributed by atoms with Crippen LogP contribution in [0.1, 0.15) is 80.1 Å². The smallest absolute Gasteiger partial charge is 0.123 e. The second-order valence-electron chi connectivity index (χ2n) is 10.3. The van der Waals surface area contributed by atoms with Gasteiger partial charge < -0.3 is 4.79 Å². The van der Waals surface area contributed by atoms with E-state index in [9.17, 15) is 4.79 Å². The summed E-state index contributed by atoms with van der Waals surface area (Å²) in [6, 6.07) is 0. The van der Waals surface area contributed by atoms with Crippen LogP contribution in [-0.4, -0.2) is 6.29 Å². The maximum absolute atomic E-state index is 10.3. The fourth-order valence-corrected chi connectivity index (χ4v) is 4.81. The maximum Gasteiger partial charge on any atom is 0.123 e. The second kappa shape index (κ2) is 9.35. The maximum atomic E-state index is 10.3. The molecule has 0 amide bonds. The lowest BCUT2D eigenvalue weighted by atomic mass is 9.68. The third-order valence-corrected chi connectivity index (χ3v) is 5.43. The molecule has 0 aromatic heterocycles. The van der Waals surface area contributed by atoms with E-state index in [2.05, 4.69) is 79.5 Å². The quantitative estimate of drug-likeness (QED) is 0.389. The molecule has 2 saturated carbocycles. The molecule has 2 fully saturated rings. The Morgan fingerprint density at radius 2 is 1.21 bits per heavy atom. The van der Waals surface area contributed by atoms with Crippen LogP contribution in [0.25, 0.3) is 0 Å². The fraction of sp³-hybridized carbons (Fsp3) is 0.857. The van der Waals surface area contributed by atoms with E-state index in [1.54, 1.807) is 0 Å². The van der Waals surface area contributed by atoms with Crippen LogP contribution in [-0.2, 0) is 4.79 Å². The largest absolute Gasteiger partial charge is 0.303 e. The zero-order valence-corrected chi connectivity index (χ0v) is 19.5. The van der Waals surface area contributed by atoms with Crippen molar-refractivity contribution in [2.45, 2.75) is 80.1 Å². The molecule has 2 aliphatic carbocycles. The van der Waals surface area contributed by atoms with Gasteiger partial charge in [-0.1, -0.05) is 47.6 Å². The molecule has 2 aliphatic rings. The topological polar surface area (TPSA) is 17.1 Å². The highest BCUT2D eigenvalue weighted by molar-refractivity contribution is 9.28. The summed E-state index contributed by atoms with van der Waals surface area (Å²) in [6.07, 6.45) is 11.1. The minimum absolute atomic E-state index is 0.391. The van der Waals surface area contributed by atoms with Gasteiger partial charge in [0, 0.05) is 5.92 Å². The van der Waals surface area contributed by atoms with E-state index in [1.807, 2.05) is 0 Å². The average Bonchev–Trinajstić information content (AvgIpc) is 2.28. The van der Waals surface area contributed by atoms with Crippen molar-refractivity contribution in [1.29, 1.82) is 0 Å². The zero-order chi connectivity index (χ0) is 18.5. The Morgan fingerprint density at radius 1 is 0.833 bits per heavy atom. The van der Waals surface area contributed by atoms with Crippen LogP contribution < -0.4 is 0 Å². The van der Waals surface area contributed by atoms with Crippen LogP contribution in [0.15, 0.2) is 9.47 Å². The Bertz CT molecular complexity index is 412. The monoisotopic (exact) mass is 462 g/mol. The summed E-state index contributed by atoms with van der Waals surface area (Å²) in [6.45, 7) is 13.8. The molecule has 1 nitrogen and oxygen atoms in total. The van der Waals surface area contributed by atoms with E-state index in [4.69, 9.17) is 0 Å². The van der Waals surface area contributed by atoms with E-state index >= 15 is 0 Å². The third kappa shape index (κ3) is 9.75. The molecule has 0 aromatic rings. The summed E-state index contributed by atoms with van der Waals surface area (Å²) in [4.78, 5) is 10.3. The third-order valence-electron chi connectivity index (χ3n) is 4.90. The van der Waals surface area contributed by atoms with Crippen molar-refractivity contribution in [2.24, 2.45) is 34.5 Å². The number of carbonyl (C=O) groups excluding carboxylic acids is 1. The standard InChI is InChI=1S/C11H18Br2.C10H18O/c1-11(2,3)7-9-4-8(5-9)6-10(12)13;1-10(2,3)6-8-4-9(5-8)7-11/h6,8-9H,4-5,7H2,1-3H3;7-9H,4-6H2,1-3H3. The molecule has 0 saturated heterocycles. The Kier molecular flexibility index (Phi) is 8.73. The molecular weight excluding hydrogens is 428 g/mol. The number of halogens is 2. The van der Waals surface area contributed by atoms with E-state index in [-0.39, 0.29) is 0 Å². The lowest BCUT2D eigenvalue weighted by Gasteiger charge is -2.37. The molecule has 0 radical (unpaired) electrons. The van der Waals surface area contributed by atoms with Gasteiger partial charge in [0.15, 0.2) is 0 Å². The Hall–Kier alpha value is 0.370. The van der Waals surface area contributed by atoms with Gasteiger partial charge in [-0.2, -0.15) is 0 Å². The van der Waals surface area contributed by atoms with Gasteiger partial charge in [0.25, 0.3) is 0 Å². The average molecular weight is 464 g/mol. The second-order valence-corrected chi connectivity index (χ2v) is 13.1. The number of hydrogen-bond acceptors (Lipinski definition) is 1. The van der Waals surface area contributed by atoms with Gasteiger partial charge >= 0.3 is 0 Å². The molecular formula is C21H36Br2O. The molecule has 0 atom stereocenters. The highest BCUT2D eigenvalue weighted by Crippen LogP contribution is 2.43. The highest BCUT2D eigenvalue weighted by atomic mass is 79.9. The van der Waals surface area contributed by atoms with Gasteiger partial charge in [-0.15, -0.1) is 0 Å². The van der Waals surface area contributed by atoms with Crippen LogP contribution in [0.2, 0.25) is 0 Å². The van der Waals surface area contributed by atoms with Crippen LogP contribution in [0.3, 0.4) is 0 Å². The summed E-state index contributed by atoms with van der Waals surface area (Å²) in [5.41, 5.74) is 0.948. The SMILES string of the molecule is CC(C)(C)CC1CC(C=C(Br)Br)C1.CC(C)(C)CC1CC(C=O)C1. The molecule has 0 spiro atoms. The molecule has 0 unspecified atom stereocenters. The predicted octanol–water partition coefficient (Wildman–Crippen LogP) is 7.73. The normalized spacial score (nSPS) is 29.5. The van der Waals surface area contributed by atoms with Crippen molar-refractivity contribution in [3.05, 3.63) is 9.47 Å². The lowest BCUT2D eigenvalue weighted by Crippen LogP contribution is -2.28. The van der Waals surface area contributed by atoms with Crippen LogP contribution >= 0.6 is 31.9 Å². The summed E-state index contributed by atoms with van der Waals surface area (Å²) in [7, 11) is 0. The van der Waals surface area contributed by atoms with Crippen molar-refractivity contribution < 1.29 is 4.79 Å². The summed E-state index contributed by atoms with van der Waals surface area (Å²) in [5, 5.41) is 0. The molecule has 0 aliphatic heterocycles. The van der Waals surface area contributed by atoms with Crippen LogP contribution in [0.4, 0.5) is 0 Å². The van der Waals surface area contributed by atoms with E-state index in [0.29, 0.717) is 16.7 Å². The van der Waals surface area contributed by atoms with Crippen molar-refractivity contribution in [1.82, 2.24) is 0 Å². The first kappa shape index (κ1) is 22.4. The van der Waals surface area contributed by atoms with Gasteiger partial charge in [-0.05, 0) is 99.0 Å². The van der Waals surface area contributed by atoms with Gasteiger partial charge in [-0.25, -0.2) is 0 Å². The molecule has 0 bridgehead atoms. The number of allylic oxidation sites excluding steroid dienone is 1. The van der Waals surface area contributed by atoms with Crippen molar-refractivity contribution in [2.75, 3.05) is 0 Å². The Labute approximate surface area is 166 Å². The summed E-state index contributed by atoms with van der Waals surface area (Å²) >= 11 is 6.82. The molecule has 2 rings (SSSR count). The molecule has 0 N–H and O–H groups in total. The molecule has 0 aromatic carbocycles. The number of aldehydes is 1. The molecule has 140 valence electrons. The van der Waals surface area contributed by atoms with Crippen LogP contribution in [0.5, 0.6) is 0 Å². The Balaban J connectivity index is 0.000000243. The first-order chi connectivity index (χ1) is 10.9. The minimum Gasteiger partial charge on any atom is -0.303 e. The van der Waals surface area contributed by atoms with Gasteiger partial charge in [-0.3, -0.25) is 0 Å². The predicted molar refractivity (Wildman–Crippen MR) is 113 cm³/mol. The summed E-state index contributed by atoms with van der Waals surface area (Å²) in [5.74, 6) is 2.98. The number of hydrogen-bond donors (Lipinski definition) is 0. The molecule has 24 heavy (non-hydrogen) atoms. The van der Waals surface area contributed by atoms with E-state index < -0.39 is 0 Å². The molecule has 3 heteroatoms.